The lowest BCUT2D eigenvalue weighted by Crippen LogP contribution is -2.23. The van der Waals surface area contributed by atoms with Gasteiger partial charge in [-0.2, -0.15) is 5.10 Å². The van der Waals surface area contributed by atoms with Gasteiger partial charge >= 0.3 is 0 Å². The van der Waals surface area contributed by atoms with Crippen LogP contribution in [0.15, 0.2) is 35.0 Å². The Kier molecular flexibility index (Phi) is 5.58. The van der Waals surface area contributed by atoms with Crippen molar-refractivity contribution in [2.45, 2.75) is 45.2 Å². The van der Waals surface area contributed by atoms with E-state index in [9.17, 15) is 0 Å². The smallest absolute Gasteiger partial charge is 0.161 e. The Labute approximate surface area is 171 Å². The first-order chi connectivity index (χ1) is 14.1. The van der Waals surface area contributed by atoms with Crippen LogP contribution >= 0.6 is 0 Å². The van der Waals surface area contributed by atoms with Crippen LogP contribution in [0.5, 0.6) is 11.5 Å². The third-order valence-corrected chi connectivity index (χ3v) is 5.58. The zero-order chi connectivity index (χ0) is 20.4. The molecule has 0 amide bonds. The van der Waals surface area contributed by atoms with E-state index in [0.717, 1.165) is 54.2 Å². The van der Waals surface area contributed by atoms with Crippen molar-refractivity contribution in [2.24, 2.45) is 0 Å². The first kappa shape index (κ1) is 19.5. The quantitative estimate of drug-likeness (QED) is 0.632. The number of methoxy groups -OCH3 is 2. The zero-order valence-electron chi connectivity index (χ0n) is 17.4. The van der Waals surface area contributed by atoms with Gasteiger partial charge in [0.2, 0.25) is 0 Å². The van der Waals surface area contributed by atoms with Crippen LogP contribution in [0.1, 0.15) is 55.7 Å². The van der Waals surface area contributed by atoms with Crippen LogP contribution in [0.2, 0.25) is 0 Å². The van der Waals surface area contributed by atoms with Crippen molar-refractivity contribution >= 4 is 0 Å². The normalized spacial score (nSPS) is 17.2. The molecule has 7 nitrogen and oxygen atoms in total. The van der Waals surface area contributed by atoms with Gasteiger partial charge in [-0.1, -0.05) is 19.0 Å². The fourth-order valence-corrected chi connectivity index (χ4v) is 3.97. The molecule has 1 aliphatic rings. The minimum absolute atomic E-state index is 0.277. The topological polar surface area (TPSA) is 76.4 Å². The molecule has 0 radical (unpaired) electrons. The van der Waals surface area contributed by atoms with Gasteiger partial charge in [-0.25, -0.2) is 0 Å². The lowest BCUT2D eigenvalue weighted by molar-refractivity contribution is 0.236. The Bertz CT molecular complexity index is 963. The number of nitrogens with one attached hydrogen (secondary N) is 1. The summed E-state index contributed by atoms with van der Waals surface area (Å²) >= 11 is 0. The second-order valence-electron chi connectivity index (χ2n) is 7.78. The van der Waals surface area contributed by atoms with E-state index < -0.39 is 0 Å². The van der Waals surface area contributed by atoms with Crippen LogP contribution in [-0.2, 0) is 6.54 Å². The van der Waals surface area contributed by atoms with Crippen LogP contribution in [-0.4, -0.2) is 41.0 Å². The van der Waals surface area contributed by atoms with E-state index in [0.29, 0.717) is 17.4 Å². The molecule has 1 aromatic carbocycles. The molecule has 0 unspecified atom stereocenters. The van der Waals surface area contributed by atoms with Gasteiger partial charge in [0, 0.05) is 29.7 Å². The lowest BCUT2D eigenvalue weighted by Gasteiger charge is -2.22. The number of aromatic nitrogens is 3. The van der Waals surface area contributed by atoms with Crippen molar-refractivity contribution in [3.05, 3.63) is 47.5 Å². The fourth-order valence-electron chi connectivity index (χ4n) is 3.97. The lowest BCUT2D eigenvalue weighted by atomic mass is 10.1. The summed E-state index contributed by atoms with van der Waals surface area (Å²) in [5.41, 5.74) is 4.20. The average Bonchev–Trinajstić information content (AvgIpc) is 3.48. The summed E-state index contributed by atoms with van der Waals surface area (Å²) in [7, 11) is 3.29. The highest BCUT2D eigenvalue weighted by Crippen LogP contribution is 2.36. The van der Waals surface area contributed by atoms with E-state index >= 15 is 0 Å². The molecule has 1 atom stereocenters. The van der Waals surface area contributed by atoms with Gasteiger partial charge in [0.25, 0.3) is 0 Å². The summed E-state index contributed by atoms with van der Waals surface area (Å²) in [6.07, 6.45) is 4.15. The molecule has 3 heterocycles. The minimum atomic E-state index is 0.277. The summed E-state index contributed by atoms with van der Waals surface area (Å²) < 4.78 is 16.4. The van der Waals surface area contributed by atoms with Crippen molar-refractivity contribution in [2.75, 3.05) is 20.8 Å². The molecule has 7 heteroatoms. The van der Waals surface area contributed by atoms with Crippen LogP contribution in [0.25, 0.3) is 11.3 Å². The molecule has 3 aromatic rings. The molecule has 1 aliphatic heterocycles. The first-order valence-electron chi connectivity index (χ1n) is 10.1. The van der Waals surface area contributed by atoms with E-state index in [1.54, 1.807) is 14.2 Å². The Morgan fingerprint density at radius 3 is 2.76 bits per heavy atom. The fraction of sp³-hybridized carbons (Fsp3) is 0.455. The summed E-state index contributed by atoms with van der Waals surface area (Å²) in [5, 5.41) is 11.8. The molecule has 0 bridgehead atoms. The molecule has 2 aromatic heterocycles. The van der Waals surface area contributed by atoms with Crippen molar-refractivity contribution < 1.29 is 14.0 Å². The molecule has 29 heavy (non-hydrogen) atoms. The third-order valence-electron chi connectivity index (χ3n) is 5.58. The summed E-state index contributed by atoms with van der Waals surface area (Å²) in [5.74, 6) is 2.70. The summed E-state index contributed by atoms with van der Waals surface area (Å²) in [6.45, 7) is 6.08. The van der Waals surface area contributed by atoms with Gasteiger partial charge in [-0.15, -0.1) is 0 Å². The Morgan fingerprint density at radius 1 is 1.21 bits per heavy atom. The second-order valence-corrected chi connectivity index (χ2v) is 7.78. The number of hydrogen-bond acceptors (Lipinski definition) is 6. The molecule has 0 saturated carbocycles. The number of benzene rings is 1. The van der Waals surface area contributed by atoms with Crippen LogP contribution in [0.4, 0.5) is 0 Å². The molecule has 0 aliphatic carbocycles. The Morgan fingerprint density at radius 2 is 2.03 bits per heavy atom. The molecule has 1 N–H and O–H groups in total. The number of likely N-dealkylation sites (tertiary alicyclic amines) is 1. The van der Waals surface area contributed by atoms with Gasteiger partial charge in [-0.05, 0) is 37.6 Å². The maximum absolute atomic E-state index is 5.54. The molecule has 1 saturated heterocycles. The summed E-state index contributed by atoms with van der Waals surface area (Å²) in [4.78, 5) is 2.46. The summed E-state index contributed by atoms with van der Waals surface area (Å²) in [6, 6.07) is 8.30. The second kappa shape index (κ2) is 8.29. The van der Waals surface area contributed by atoms with Crippen molar-refractivity contribution in [3.8, 4) is 22.8 Å². The highest BCUT2D eigenvalue weighted by Gasteiger charge is 2.30. The molecule has 154 valence electrons. The third kappa shape index (κ3) is 3.87. The number of aromatic amines is 1. The van der Waals surface area contributed by atoms with Gasteiger partial charge in [0.15, 0.2) is 11.5 Å². The van der Waals surface area contributed by atoms with Crippen molar-refractivity contribution in [3.63, 3.8) is 0 Å². The van der Waals surface area contributed by atoms with E-state index in [4.69, 9.17) is 14.0 Å². The van der Waals surface area contributed by atoms with E-state index in [2.05, 4.69) is 40.2 Å². The van der Waals surface area contributed by atoms with Gasteiger partial charge in [-0.3, -0.25) is 10.00 Å². The highest BCUT2D eigenvalue weighted by atomic mass is 16.5. The van der Waals surface area contributed by atoms with Crippen molar-refractivity contribution in [1.82, 2.24) is 20.3 Å². The van der Waals surface area contributed by atoms with Crippen molar-refractivity contribution in [1.29, 1.82) is 0 Å². The maximum Gasteiger partial charge on any atom is 0.161 e. The molecule has 4 rings (SSSR count). The number of hydrogen-bond donors (Lipinski definition) is 1. The predicted octanol–water partition coefficient (Wildman–Crippen LogP) is 4.54. The highest BCUT2D eigenvalue weighted by molar-refractivity contribution is 5.66. The zero-order valence-corrected chi connectivity index (χ0v) is 17.4. The van der Waals surface area contributed by atoms with Crippen LogP contribution in [0, 0.1) is 0 Å². The Balaban J connectivity index is 1.57. The van der Waals surface area contributed by atoms with E-state index in [1.807, 2.05) is 24.4 Å². The van der Waals surface area contributed by atoms with E-state index in [-0.39, 0.29) is 6.04 Å². The van der Waals surface area contributed by atoms with Gasteiger partial charge < -0.3 is 14.0 Å². The standard InChI is InChI=1S/C22H28N4O3/c1-14(2)20-11-17(25-29-20)18-6-5-9-26(18)13-16-12-23-24-22(16)15-7-8-19(27-3)21(10-15)28-4/h7-8,10-12,14,18H,5-6,9,13H2,1-4H3,(H,23,24)/t18-/m0/s1. The van der Waals surface area contributed by atoms with E-state index in [1.165, 1.54) is 0 Å². The predicted molar refractivity (Wildman–Crippen MR) is 110 cm³/mol. The SMILES string of the molecule is COc1ccc(-c2[nH]ncc2CN2CCC[C@H]2c2cc(C(C)C)on2)cc1OC. The maximum atomic E-state index is 5.54. The molecular weight excluding hydrogens is 368 g/mol. The molecule has 0 spiro atoms. The number of ether oxygens (including phenoxy) is 2. The molecular formula is C22H28N4O3. The monoisotopic (exact) mass is 396 g/mol. The minimum Gasteiger partial charge on any atom is -0.493 e. The number of rotatable bonds is 7. The largest absolute Gasteiger partial charge is 0.493 e. The van der Waals surface area contributed by atoms with Crippen LogP contribution in [0.3, 0.4) is 0 Å². The average molecular weight is 396 g/mol. The Hall–Kier alpha value is -2.80. The van der Waals surface area contributed by atoms with Crippen LogP contribution < -0.4 is 9.47 Å². The first-order valence-corrected chi connectivity index (χ1v) is 10.1. The number of H-pyrrole nitrogens is 1. The molecule has 1 fully saturated rings. The van der Waals surface area contributed by atoms with Gasteiger partial charge in [0.1, 0.15) is 11.5 Å². The number of nitrogens with zero attached hydrogens (tertiary/aromatic N) is 3. The van der Waals surface area contributed by atoms with Gasteiger partial charge in [0.05, 0.1) is 32.2 Å².